The number of nitrogens with zero attached hydrogens (tertiary/aromatic N) is 7. The first kappa shape index (κ1) is 14.8. The second-order valence-corrected chi connectivity index (χ2v) is 4.66. The maximum Gasteiger partial charge on any atom is 0.293 e. The van der Waals surface area contributed by atoms with Crippen molar-refractivity contribution in [1.82, 2.24) is 20.6 Å². The monoisotopic (exact) mass is 317 g/mol. The first-order valence-corrected chi connectivity index (χ1v) is 6.83. The van der Waals surface area contributed by atoms with Crippen molar-refractivity contribution in [1.29, 1.82) is 0 Å². The summed E-state index contributed by atoms with van der Waals surface area (Å²) in [5.74, 6) is 0.0840. The zero-order valence-corrected chi connectivity index (χ0v) is 12.0. The van der Waals surface area contributed by atoms with Crippen molar-refractivity contribution >= 4 is 23.5 Å². The lowest BCUT2D eigenvalue weighted by atomic mass is 10.1. The number of rotatable bonds is 5. The van der Waals surface area contributed by atoms with Crippen LogP contribution in [0.3, 0.4) is 0 Å². The molecule has 0 unspecified atom stereocenters. The first-order valence-electron chi connectivity index (χ1n) is 6.83. The Kier molecular flexibility index (Phi) is 4.38. The highest BCUT2D eigenvalue weighted by molar-refractivity contribution is 5.84. The molecule has 1 aromatic carbocycles. The van der Waals surface area contributed by atoms with E-state index in [9.17, 15) is 10.1 Å². The standard InChI is InChI=1S/C12H13N8O3/c21-20(22)11-7-9(8-13-14-12-15-17-18-16-12)1-2-10(11)19-3-5-23-6-4-19/h1-2,7-8H,3-6H2,(H-,14,15,16,17,18)/q-1/b13-8-. The van der Waals surface area contributed by atoms with E-state index >= 15 is 0 Å². The number of nitro benzene ring substituents is 1. The number of ether oxygens (including phenoxy) is 1. The van der Waals surface area contributed by atoms with Crippen molar-refractivity contribution in [3.8, 4) is 0 Å². The number of hydrogen-bond acceptors (Lipinski definition) is 8. The van der Waals surface area contributed by atoms with E-state index in [0.717, 1.165) is 0 Å². The molecule has 120 valence electrons. The van der Waals surface area contributed by atoms with Crippen LogP contribution in [0, 0.1) is 10.1 Å². The van der Waals surface area contributed by atoms with Gasteiger partial charge < -0.3 is 9.64 Å². The highest BCUT2D eigenvalue weighted by atomic mass is 16.6. The van der Waals surface area contributed by atoms with Crippen molar-refractivity contribution in [3.05, 3.63) is 39.3 Å². The molecule has 1 aromatic heterocycles. The van der Waals surface area contributed by atoms with Gasteiger partial charge in [-0.15, -0.1) is 5.21 Å². The van der Waals surface area contributed by atoms with E-state index < -0.39 is 4.92 Å². The minimum absolute atomic E-state index is 0.0235. The van der Waals surface area contributed by atoms with E-state index in [0.29, 0.717) is 37.6 Å². The van der Waals surface area contributed by atoms with Crippen LogP contribution in [0.5, 0.6) is 0 Å². The number of hydrogen-bond donors (Lipinski definition) is 1. The number of benzene rings is 1. The van der Waals surface area contributed by atoms with Gasteiger partial charge >= 0.3 is 0 Å². The quantitative estimate of drug-likeness (QED) is 0.493. The van der Waals surface area contributed by atoms with E-state index in [2.05, 4.69) is 31.2 Å². The summed E-state index contributed by atoms with van der Waals surface area (Å²) in [6, 6.07) is 4.91. The van der Waals surface area contributed by atoms with Gasteiger partial charge in [0, 0.05) is 30.9 Å². The van der Waals surface area contributed by atoms with Crippen LogP contribution >= 0.6 is 0 Å². The minimum Gasteiger partial charge on any atom is -0.378 e. The van der Waals surface area contributed by atoms with Gasteiger partial charge in [-0.1, -0.05) is 6.07 Å². The molecule has 2 heterocycles. The number of nitrogens with one attached hydrogen (secondary N) is 1. The summed E-state index contributed by atoms with van der Waals surface area (Å²) in [5, 5.41) is 27.9. The second kappa shape index (κ2) is 6.79. The SMILES string of the molecule is O=[N+]([O-])c1cc(/C=N\[N-]c2nn[nH]n2)ccc1N1CCOCC1. The summed E-state index contributed by atoms with van der Waals surface area (Å²) in [4.78, 5) is 12.9. The van der Waals surface area contributed by atoms with E-state index in [1.807, 2.05) is 4.90 Å². The summed E-state index contributed by atoms with van der Waals surface area (Å²) in [6.07, 6.45) is 1.40. The Morgan fingerprint density at radius 3 is 2.96 bits per heavy atom. The van der Waals surface area contributed by atoms with E-state index in [1.165, 1.54) is 12.3 Å². The largest absolute Gasteiger partial charge is 0.378 e. The Morgan fingerprint density at radius 1 is 1.43 bits per heavy atom. The van der Waals surface area contributed by atoms with Crippen LogP contribution in [0.2, 0.25) is 0 Å². The topological polar surface area (TPSA) is 137 Å². The fourth-order valence-corrected chi connectivity index (χ4v) is 2.18. The average molecular weight is 317 g/mol. The van der Waals surface area contributed by atoms with Gasteiger partial charge in [0.1, 0.15) is 5.69 Å². The molecule has 1 aliphatic rings. The van der Waals surface area contributed by atoms with Crippen LogP contribution in [0.25, 0.3) is 5.43 Å². The Labute approximate surface area is 130 Å². The third-order valence-electron chi connectivity index (χ3n) is 3.24. The number of H-pyrrole nitrogens is 1. The summed E-state index contributed by atoms with van der Waals surface area (Å²) in [5.41, 5.74) is 4.86. The highest BCUT2D eigenvalue weighted by Gasteiger charge is 2.21. The van der Waals surface area contributed by atoms with Gasteiger partial charge in [-0.3, -0.25) is 31.0 Å². The maximum absolute atomic E-state index is 11.3. The van der Waals surface area contributed by atoms with Crippen molar-refractivity contribution in [2.24, 2.45) is 5.10 Å². The van der Waals surface area contributed by atoms with Crippen molar-refractivity contribution in [2.45, 2.75) is 0 Å². The zero-order valence-electron chi connectivity index (χ0n) is 12.0. The molecule has 11 nitrogen and oxygen atoms in total. The van der Waals surface area contributed by atoms with Gasteiger partial charge in [0.05, 0.1) is 24.1 Å². The van der Waals surface area contributed by atoms with Crippen LogP contribution in [0.15, 0.2) is 23.3 Å². The molecule has 0 spiro atoms. The number of tetrazole rings is 1. The molecule has 11 heteroatoms. The second-order valence-electron chi connectivity index (χ2n) is 4.66. The Hall–Kier alpha value is -3.08. The molecule has 3 rings (SSSR count). The lowest BCUT2D eigenvalue weighted by Gasteiger charge is -2.28. The molecule has 1 fully saturated rings. The van der Waals surface area contributed by atoms with Crippen LogP contribution < -0.4 is 4.90 Å². The minimum atomic E-state index is -0.404. The highest BCUT2D eigenvalue weighted by Crippen LogP contribution is 2.29. The van der Waals surface area contributed by atoms with E-state index in [1.54, 1.807) is 12.1 Å². The fraction of sp³-hybridized carbons (Fsp3) is 0.333. The number of morpholine rings is 1. The molecule has 0 radical (unpaired) electrons. The van der Waals surface area contributed by atoms with Crippen LogP contribution in [0.1, 0.15) is 5.56 Å². The molecule has 2 aromatic rings. The van der Waals surface area contributed by atoms with Crippen molar-refractivity contribution in [2.75, 3.05) is 31.2 Å². The zero-order chi connectivity index (χ0) is 16.1. The van der Waals surface area contributed by atoms with Gasteiger partial charge in [-0.25, -0.2) is 5.10 Å². The summed E-state index contributed by atoms with van der Waals surface area (Å²) >= 11 is 0. The molecule has 0 bridgehead atoms. The van der Waals surface area contributed by atoms with Crippen LogP contribution in [-0.2, 0) is 4.74 Å². The van der Waals surface area contributed by atoms with Crippen LogP contribution in [0.4, 0.5) is 17.3 Å². The molecule has 23 heavy (non-hydrogen) atoms. The maximum atomic E-state index is 11.3. The molecule has 1 N–H and O–H groups in total. The molecule has 1 aliphatic heterocycles. The normalized spacial score (nSPS) is 15.0. The van der Waals surface area contributed by atoms with E-state index in [4.69, 9.17) is 4.74 Å². The van der Waals surface area contributed by atoms with Gasteiger partial charge in [0.25, 0.3) is 5.69 Å². The van der Waals surface area contributed by atoms with Crippen molar-refractivity contribution < 1.29 is 9.66 Å². The number of aromatic amines is 1. The number of anilines is 1. The lowest BCUT2D eigenvalue weighted by Crippen LogP contribution is -2.36. The average Bonchev–Trinajstić information content (AvgIpc) is 3.09. The predicted octanol–water partition coefficient (Wildman–Crippen LogP) is 0.984. The Morgan fingerprint density at radius 2 is 2.26 bits per heavy atom. The van der Waals surface area contributed by atoms with Gasteiger partial charge in [0.2, 0.25) is 0 Å². The summed E-state index contributed by atoms with van der Waals surface area (Å²) in [6.45, 7) is 2.37. The molecule has 1 saturated heterocycles. The Balaban J connectivity index is 1.78. The molecule has 0 saturated carbocycles. The summed E-state index contributed by atoms with van der Waals surface area (Å²) in [7, 11) is 0. The first-order chi connectivity index (χ1) is 11.2. The molecular weight excluding hydrogens is 304 g/mol. The number of aromatic nitrogens is 4. The molecular formula is C12H13N8O3-. The third kappa shape index (κ3) is 3.58. The molecule has 0 aliphatic carbocycles. The predicted molar refractivity (Wildman–Crippen MR) is 80.9 cm³/mol. The van der Waals surface area contributed by atoms with Gasteiger partial charge in [-0.2, -0.15) is 0 Å². The lowest BCUT2D eigenvalue weighted by molar-refractivity contribution is -0.384. The summed E-state index contributed by atoms with van der Waals surface area (Å²) < 4.78 is 5.27. The third-order valence-corrected chi connectivity index (χ3v) is 3.24. The van der Waals surface area contributed by atoms with Crippen molar-refractivity contribution in [3.63, 3.8) is 0 Å². The van der Waals surface area contributed by atoms with Crippen LogP contribution in [-0.4, -0.2) is 58.1 Å². The molecule has 0 amide bonds. The molecule has 0 atom stereocenters. The number of nitro groups is 1. The van der Waals surface area contributed by atoms with Gasteiger partial charge in [0.15, 0.2) is 0 Å². The van der Waals surface area contributed by atoms with Gasteiger partial charge in [-0.05, 0) is 6.07 Å². The fourth-order valence-electron chi connectivity index (χ4n) is 2.18. The smallest absolute Gasteiger partial charge is 0.293 e. The van der Waals surface area contributed by atoms with E-state index in [-0.39, 0.29) is 11.6 Å². The Bertz CT molecular complexity index is 696.